The van der Waals surface area contributed by atoms with Gasteiger partial charge in [0.05, 0.1) is 7.11 Å². The highest BCUT2D eigenvalue weighted by Crippen LogP contribution is 2.37. The monoisotopic (exact) mass is 374 g/mol. The van der Waals surface area contributed by atoms with Crippen LogP contribution in [0.4, 0.5) is 0 Å². The predicted octanol–water partition coefficient (Wildman–Crippen LogP) is 5.03. The molecule has 0 spiro atoms. The first-order valence-electron chi connectivity index (χ1n) is 9.08. The highest BCUT2D eigenvalue weighted by Gasteiger charge is 2.23. The second kappa shape index (κ2) is 9.00. The molecule has 142 valence electrons. The van der Waals surface area contributed by atoms with E-state index in [1.165, 1.54) is 6.92 Å². The number of rotatable bonds is 7. The van der Waals surface area contributed by atoms with Gasteiger partial charge in [-0.15, -0.1) is 0 Å². The standard InChI is InChI=1S/C24H22O4/c1-17(25)28-24-15-20(27-2)13-14-21(24)22(18-9-5-3-6-10-18)16-23(26)19-11-7-4-8-12-19/h3-15,22H,16H2,1-2H3. The highest BCUT2D eigenvalue weighted by molar-refractivity contribution is 5.96. The molecule has 1 atom stereocenters. The van der Waals surface area contributed by atoms with Crippen LogP contribution < -0.4 is 9.47 Å². The molecule has 0 amide bonds. The van der Waals surface area contributed by atoms with E-state index in [0.29, 0.717) is 17.1 Å². The molecule has 3 rings (SSSR count). The molecule has 0 aliphatic rings. The number of esters is 1. The minimum absolute atomic E-state index is 0.0269. The molecule has 0 aliphatic heterocycles. The second-order valence-corrected chi connectivity index (χ2v) is 6.45. The van der Waals surface area contributed by atoms with Gasteiger partial charge in [-0.2, -0.15) is 0 Å². The maximum absolute atomic E-state index is 12.9. The Morgan fingerprint density at radius 3 is 2.14 bits per heavy atom. The van der Waals surface area contributed by atoms with Crippen LogP contribution in [-0.4, -0.2) is 18.9 Å². The van der Waals surface area contributed by atoms with Gasteiger partial charge >= 0.3 is 5.97 Å². The lowest BCUT2D eigenvalue weighted by atomic mass is 9.85. The molecule has 0 saturated carbocycles. The van der Waals surface area contributed by atoms with Crippen molar-refractivity contribution >= 4 is 11.8 Å². The van der Waals surface area contributed by atoms with Crippen LogP contribution in [0.5, 0.6) is 11.5 Å². The Morgan fingerprint density at radius 2 is 1.54 bits per heavy atom. The first-order valence-corrected chi connectivity index (χ1v) is 9.08. The smallest absolute Gasteiger partial charge is 0.308 e. The maximum Gasteiger partial charge on any atom is 0.308 e. The minimum Gasteiger partial charge on any atom is -0.497 e. The highest BCUT2D eigenvalue weighted by atomic mass is 16.5. The average Bonchev–Trinajstić information content (AvgIpc) is 2.73. The Labute approximate surface area is 164 Å². The van der Waals surface area contributed by atoms with Gasteiger partial charge in [-0.1, -0.05) is 66.7 Å². The van der Waals surface area contributed by atoms with E-state index in [1.54, 1.807) is 13.2 Å². The molecule has 1 unspecified atom stereocenters. The maximum atomic E-state index is 12.9. The van der Waals surface area contributed by atoms with Gasteiger partial charge in [-0.05, 0) is 11.6 Å². The normalized spacial score (nSPS) is 11.5. The molecule has 0 N–H and O–H groups in total. The predicted molar refractivity (Wildman–Crippen MR) is 108 cm³/mol. The molecule has 0 bridgehead atoms. The van der Waals surface area contributed by atoms with Crippen molar-refractivity contribution in [1.29, 1.82) is 0 Å². The minimum atomic E-state index is -0.421. The zero-order valence-corrected chi connectivity index (χ0v) is 15.9. The number of carbonyl (C=O) groups is 2. The molecule has 3 aromatic carbocycles. The van der Waals surface area contributed by atoms with Crippen molar-refractivity contribution in [2.45, 2.75) is 19.3 Å². The van der Waals surface area contributed by atoms with E-state index in [2.05, 4.69) is 0 Å². The third-order valence-electron chi connectivity index (χ3n) is 4.54. The van der Waals surface area contributed by atoms with Crippen molar-refractivity contribution in [3.63, 3.8) is 0 Å². The molecular weight excluding hydrogens is 352 g/mol. The lowest BCUT2D eigenvalue weighted by Crippen LogP contribution is -2.12. The van der Waals surface area contributed by atoms with Gasteiger partial charge in [0, 0.05) is 36.5 Å². The molecule has 4 heteroatoms. The van der Waals surface area contributed by atoms with E-state index in [-0.39, 0.29) is 18.1 Å². The van der Waals surface area contributed by atoms with Crippen LogP contribution in [0.1, 0.15) is 40.7 Å². The van der Waals surface area contributed by atoms with Crippen molar-refractivity contribution < 1.29 is 19.1 Å². The summed E-state index contributed by atoms with van der Waals surface area (Å²) in [5, 5.41) is 0. The number of benzene rings is 3. The van der Waals surface area contributed by atoms with Crippen molar-refractivity contribution in [3.05, 3.63) is 95.6 Å². The van der Waals surface area contributed by atoms with Crippen LogP contribution in [0.15, 0.2) is 78.9 Å². The Kier molecular flexibility index (Phi) is 6.22. The molecule has 28 heavy (non-hydrogen) atoms. The molecule has 0 saturated heterocycles. The van der Waals surface area contributed by atoms with E-state index in [4.69, 9.17) is 9.47 Å². The van der Waals surface area contributed by atoms with Crippen molar-refractivity contribution in [3.8, 4) is 11.5 Å². The van der Waals surface area contributed by atoms with E-state index < -0.39 is 5.97 Å². The molecule has 0 aromatic heterocycles. The van der Waals surface area contributed by atoms with Crippen molar-refractivity contribution in [1.82, 2.24) is 0 Å². The number of hydrogen-bond acceptors (Lipinski definition) is 4. The molecule has 0 heterocycles. The van der Waals surface area contributed by atoms with E-state index in [9.17, 15) is 9.59 Å². The lowest BCUT2D eigenvalue weighted by molar-refractivity contribution is -0.131. The zero-order valence-electron chi connectivity index (χ0n) is 15.9. The number of ether oxygens (including phenoxy) is 2. The summed E-state index contributed by atoms with van der Waals surface area (Å²) in [6, 6.07) is 24.3. The summed E-state index contributed by atoms with van der Waals surface area (Å²) in [5.74, 6) is 0.340. The first-order chi connectivity index (χ1) is 13.6. The molecule has 0 fully saturated rings. The Morgan fingerprint density at radius 1 is 0.893 bits per heavy atom. The molecule has 4 nitrogen and oxygen atoms in total. The molecule has 0 aliphatic carbocycles. The Hall–Kier alpha value is -3.40. The third-order valence-corrected chi connectivity index (χ3v) is 4.54. The average molecular weight is 374 g/mol. The van der Waals surface area contributed by atoms with Crippen molar-refractivity contribution in [2.24, 2.45) is 0 Å². The van der Waals surface area contributed by atoms with Gasteiger partial charge in [-0.3, -0.25) is 9.59 Å². The van der Waals surface area contributed by atoms with Gasteiger partial charge in [0.25, 0.3) is 0 Å². The summed E-state index contributed by atoms with van der Waals surface area (Å²) in [6.07, 6.45) is 0.259. The van der Waals surface area contributed by atoms with Gasteiger partial charge in [0.15, 0.2) is 5.78 Å². The van der Waals surface area contributed by atoms with Crippen LogP contribution in [0.3, 0.4) is 0 Å². The number of methoxy groups -OCH3 is 1. The molecule has 0 radical (unpaired) electrons. The number of Topliss-reactive ketones (excluding diaryl/α,β-unsaturated/α-hetero) is 1. The number of hydrogen-bond donors (Lipinski definition) is 0. The van der Waals surface area contributed by atoms with Crippen LogP contribution in [0.2, 0.25) is 0 Å². The summed E-state index contributed by atoms with van der Waals surface area (Å²) in [6.45, 7) is 1.36. The fraction of sp³-hybridized carbons (Fsp3) is 0.167. The summed E-state index contributed by atoms with van der Waals surface area (Å²) in [5.41, 5.74) is 2.41. The van der Waals surface area contributed by atoms with Gasteiger partial charge in [0.1, 0.15) is 11.5 Å². The summed E-state index contributed by atoms with van der Waals surface area (Å²) in [4.78, 5) is 24.6. The topological polar surface area (TPSA) is 52.6 Å². The van der Waals surface area contributed by atoms with Crippen LogP contribution in [0, 0.1) is 0 Å². The summed E-state index contributed by atoms with van der Waals surface area (Å²) >= 11 is 0. The number of ketones is 1. The van der Waals surface area contributed by atoms with Gasteiger partial charge < -0.3 is 9.47 Å². The molecule has 3 aromatic rings. The van der Waals surface area contributed by atoms with Gasteiger partial charge in [0.2, 0.25) is 0 Å². The largest absolute Gasteiger partial charge is 0.497 e. The van der Waals surface area contributed by atoms with Crippen LogP contribution in [0.25, 0.3) is 0 Å². The molecular formula is C24H22O4. The second-order valence-electron chi connectivity index (χ2n) is 6.45. The van der Waals surface area contributed by atoms with E-state index in [0.717, 1.165) is 11.1 Å². The SMILES string of the molecule is COc1ccc(C(CC(=O)c2ccccc2)c2ccccc2)c(OC(C)=O)c1. The van der Waals surface area contributed by atoms with Crippen molar-refractivity contribution in [2.75, 3.05) is 7.11 Å². The first kappa shape index (κ1) is 19.4. The number of carbonyl (C=O) groups excluding carboxylic acids is 2. The van der Waals surface area contributed by atoms with E-state index >= 15 is 0 Å². The fourth-order valence-corrected chi connectivity index (χ4v) is 3.19. The van der Waals surface area contributed by atoms with Gasteiger partial charge in [-0.25, -0.2) is 0 Å². The van der Waals surface area contributed by atoms with E-state index in [1.807, 2.05) is 72.8 Å². The summed E-state index contributed by atoms with van der Waals surface area (Å²) in [7, 11) is 1.56. The lowest BCUT2D eigenvalue weighted by Gasteiger charge is -2.21. The quantitative estimate of drug-likeness (QED) is 0.331. The Bertz CT molecular complexity index is 949. The zero-order chi connectivity index (χ0) is 19.9. The summed E-state index contributed by atoms with van der Waals surface area (Å²) < 4.78 is 10.7. The fourth-order valence-electron chi connectivity index (χ4n) is 3.19. The van der Waals surface area contributed by atoms with Crippen LogP contribution >= 0.6 is 0 Å². The van der Waals surface area contributed by atoms with Crippen LogP contribution in [-0.2, 0) is 4.79 Å². The Balaban J connectivity index is 2.04. The third kappa shape index (κ3) is 4.65.